The first-order valence-electron chi connectivity index (χ1n) is 7.70. The summed E-state index contributed by atoms with van der Waals surface area (Å²) in [5.41, 5.74) is -0.627. The van der Waals surface area contributed by atoms with Crippen LogP contribution in [0.1, 0.15) is 36.9 Å². The molecule has 0 saturated carbocycles. The second-order valence-electron chi connectivity index (χ2n) is 6.59. The predicted octanol–water partition coefficient (Wildman–Crippen LogP) is 2.84. The van der Waals surface area contributed by atoms with E-state index in [-0.39, 0.29) is 11.8 Å². The summed E-state index contributed by atoms with van der Waals surface area (Å²) in [6, 6.07) is 2.77. The second kappa shape index (κ2) is 5.78. The summed E-state index contributed by atoms with van der Waals surface area (Å²) in [6.07, 6.45) is -1.87. The van der Waals surface area contributed by atoms with E-state index in [9.17, 15) is 18.0 Å². The highest BCUT2D eigenvalue weighted by molar-refractivity contribution is 5.83. The van der Waals surface area contributed by atoms with Crippen LogP contribution in [0.25, 0.3) is 0 Å². The number of halogens is 3. The van der Waals surface area contributed by atoms with Crippen LogP contribution < -0.4 is 0 Å². The lowest BCUT2D eigenvalue weighted by Gasteiger charge is -2.42. The molecule has 0 aromatic carbocycles. The van der Waals surface area contributed by atoms with E-state index >= 15 is 0 Å². The van der Waals surface area contributed by atoms with Gasteiger partial charge in [0.25, 0.3) is 0 Å². The summed E-state index contributed by atoms with van der Waals surface area (Å²) in [5, 5.41) is 0. The van der Waals surface area contributed by atoms with Crippen molar-refractivity contribution in [1.82, 2.24) is 9.88 Å². The van der Waals surface area contributed by atoms with E-state index in [0.29, 0.717) is 44.7 Å². The van der Waals surface area contributed by atoms with Crippen LogP contribution in [0.3, 0.4) is 0 Å². The number of amides is 1. The van der Waals surface area contributed by atoms with Gasteiger partial charge in [0.1, 0.15) is 5.69 Å². The topological polar surface area (TPSA) is 42.4 Å². The van der Waals surface area contributed by atoms with Crippen LogP contribution in [0.15, 0.2) is 18.3 Å². The van der Waals surface area contributed by atoms with Gasteiger partial charge in [-0.05, 0) is 43.4 Å². The predicted molar refractivity (Wildman–Crippen MR) is 76.7 cm³/mol. The van der Waals surface area contributed by atoms with Gasteiger partial charge < -0.3 is 9.64 Å². The van der Waals surface area contributed by atoms with E-state index in [1.165, 1.54) is 6.20 Å². The highest BCUT2D eigenvalue weighted by Crippen LogP contribution is 2.35. The molecule has 2 aliphatic heterocycles. The fourth-order valence-corrected chi connectivity index (χ4v) is 3.19. The molecule has 2 aliphatic rings. The van der Waals surface area contributed by atoms with Crippen LogP contribution in [0.2, 0.25) is 0 Å². The number of carbonyl (C=O) groups is 1. The first-order valence-corrected chi connectivity index (χ1v) is 7.70. The lowest BCUT2D eigenvalue weighted by Crippen LogP contribution is -2.54. The molecule has 0 radical (unpaired) electrons. The SMILES string of the molecule is CC1(C(=O)N2CCC(c3ccnc(C(F)(F)F)c3)CC2)COC1. The molecule has 0 atom stereocenters. The molecule has 0 aliphatic carbocycles. The van der Waals surface area contributed by atoms with Gasteiger partial charge in [-0.25, -0.2) is 0 Å². The number of rotatable bonds is 2. The molecule has 0 N–H and O–H groups in total. The third-order valence-electron chi connectivity index (χ3n) is 4.69. The quantitative estimate of drug-likeness (QED) is 0.838. The third kappa shape index (κ3) is 3.20. The molecule has 1 amide bonds. The molecule has 1 aromatic rings. The highest BCUT2D eigenvalue weighted by atomic mass is 19.4. The Morgan fingerprint density at radius 3 is 2.52 bits per heavy atom. The zero-order valence-electron chi connectivity index (χ0n) is 12.9. The maximum Gasteiger partial charge on any atom is 0.433 e. The zero-order chi connectivity index (χ0) is 16.7. The van der Waals surface area contributed by atoms with Crippen molar-refractivity contribution >= 4 is 5.91 Å². The van der Waals surface area contributed by atoms with Crippen LogP contribution >= 0.6 is 0 Å². The Morgan fingerprint density at radius 2 is 2.00 bits per heavy atom. The van der Waals surface area contributed by atoms with Gasteiger partial charge in [0.05, 0.1) is 18.6 Å². The molecule has 0 spiro atoms. The van der Waals surface area contributed by atoms with E-state index in [0.717, 1.165) is 6.07 Å². The monoisotopic (exact) mass is 328 g/mol. The number of carbonyl (C=O) groups excluding carboxylic acids is 1. The maximum absolute atomic E-state index is 12.8. The molecule has 3 heterocycles. The van der Waals surface area contributed by atoms with Crippen molar-refractivity contribution in [3.63, 3.8) is 0 Å². The van der Waals surface area contributed by atoms with E-state index in [4.69, 9.17) is 4.74 Å². The first-order chi connectivity index (χ1) is 10.8. The van der Waals surface area contributed by atoms with E-state index in [1.54, 1.807) is 6.07 Å². The van der Waals surface area contributed by atoms with Crippen LogP contribution in [-0.4, -0.2) is 42.1 Å². The summed E-state index contributed by atoms with van der Waals surface area (Å²) in [4.78, 5) is 17.6. The minimum atomic E-state index is -4.43. The van der Waals surface area contributed by atoms with Gasteiger partial charge in [-0.1, -0.05) is 0 Å². The minimum absolute atomic E-state index is 0.0357. The van der Waals surface area contributed by atoms with Crippen molar-refractivity contribution in [3.05, 3.63) is 29.6 Å². The molecule has 23 heavy (non-hydrogen) atoms. The van der Waals surface area contributed by atoms with Crippen LogP contribution in [0, 0.1) is 5.41 Å². The average molecular weight is 328 g/mol. The molecule has 3 rings (SSSR count). The second-order valence-corrected chi connectivity index (χ2v) is 6.59. The Labute approximate surface area is 132 Å². The minimum Gasteiger partial charge on any atom is -0.379 e. The molecule has 0 unspecified atom stereocenters. The number of ether oxygens (including phenoxy) is 1. The van der Waals surface area contributed by atoms with Gasteiger partial charge in [-0.15, -0.1) is 0 Å². The van der Waals surface area contributed by atoms with Crippen LogP contribution in [0.5, 0.6) is 0 Å². The molecule has 1 aromatic heterocycles. The fourth-order valence-electron chi connectivity index (χ4n) is 3.19. The van der Waals surface area contributed by atoms with Crippen molar-refractivity contribution in [3.8, 4) is 0 Å². The molecule has 126 valence electrons. The molecule has 2 fully saturated rings. The molecule has 7 heteroatoms. The Bertz CT molecular complexity index is 591. The van der Waals surface area contributed by atoms with Gasteiger partial charge in [0, 0.05) is 19.3 Å². The summed E-state index contributed by atoms with van der Waals surface area (Å²) >= 11 is 0. The summed E-state index contributed by atoms with van der Waals surface area (Å²) < 4.78 is 43.4. The number of likely N-dealkylation sites (tertiary alicyclic amines) is 1. The van der Waals surface area contributed by atoms with Gasteiger partial charge in [-0.2, -0.15) is 13.2 Å². The summed E-state index contributed by atoms with van der Waals surface area (Å²) in [6.45, 7) is 3.94. The summed E-state index contributed by atoms with van der Waals surface area (Å²) in [5.74, 6) is 0.126. The lowest BCUT2D eigenvalue weighted by atomic mass is 9.84. The van der Waals surface area contributed by atoms with E-state index < -0.39 is 17.3 Å². The van der Waals surface area contributed by atoms with Gasteiger partial charge in [-0.3, -0.25) is 9.78 Å². The molecule has 0 bridgehead atoms. The Morgan fingerprint density at radius 1 is 1.35 bits per heavy atom. The van der Waals surface area contributed by atoms with Crippen molar-refractivity contribution in [1.29, 1.82) is 0 Å². The number of alkyl halides is 3. The number of hydrogen-bond donors (Lipinski definition) is 0. The first kappa shape index (κ1) is 16.2. The van der Waals surface area contributed by atoms with Gasteiger partial charge >= 0.3 is 6.18 Å². The Balaban J connectivity index is 1.64. The fraction of sp³-hybridized carbons (Fsp3) is 0.625. The largest absolute Gasteiger partial charge is 0.433 e. The van der Waals surface area contributed by atoms with Gasteiger partial charge in [0.15, 0.2) is 0 Å². The van der Waals surface area contributed by atoms with Crippen molar-refractivity contribution in [2.75, 3.05) is 26.3 Å². The molecular weight excluding hydrogens is 309 g/mol. The lowest BCUT2D eigenvalue weighted by molar-refractivity contribution is -0.169. The zero-order valence-corrected chi connectivity index (χ0v) is 12.9. The Hall–Kier alpha value is -1.63. The third-order valence-corrected chi connectivity index (χ3v) is 4.69. The normalized spacial score (nSPS) is 21.8. The number of hydrogen-bond acceptors (Lipinski definition) is 3. The summed E-state index contributed by atoms with van der Waals surface area (Å²) in [7, 11) is 0. The van der Waals surface area contributed by atoms with E-state index in [1.807, 2.05) is 11.8 Å². The van der Waals surface area contributed by atoms with Crippen molar-refractivity contribution in [2.24, 2.45) is 5.41 Å². The standard InChI is InChI=1S/C16H19F3N2O2/c1-15(9-23-10-15)14(22)21-6-3-11(4-7-21)12-2-5-20-13(8-12)16(17,18)19/h2,5,8,11H,3-4,6-7,9-10H2,1H3. The number of aromatic nitrogens is 1. The molecule has 4 nitrogen and oxygen atoms in total. The number of pyridine rings is 1. The average Bonchev–Trinajstić information content (AvgIpc) is 2.51. The Kier molecular flexibility index (Phi) is 4.08. The number of nitrogens with zero attached hydrogens (tertiary/aromatic N) is 2. The number of piperidine rings is 1. The highest BCUT2D eigenvalue weighted by Gasteiger charge is 2.44. The molecular formula is C16H19F3N2O2. The maximum atomic E-state index is 12.8. The molecule has 2 saturated heterocycles. The van der Waals surface area contributed by atoms with Crippen molar-refractivity contribution < 1.29 is 22.7 Å². The van der Waals surface area contributed by atoms with E-state index in [2.05, 4.69) is 4.98 Å². The van der Waals surface area contributed by atoms with Crippen LogP contribution in [-0.2, 0) is 15.7 Å². The van der Waals surface area contributed by atoms with Gasteiger partial charge in [0.2, 0.25) is 5.91 Å². The van der Waals surface area contributed by atoms with Crippen molar-refractivity contribution in [2.45, 2.75) is 31.9 Å². The smallest absolute Gasteiger partial charge is 0.379 e. The van der Waals surface area contributed by atoms with Crippen LogP contribution in [0.4, 0.5) is 13.2 Å².